The summed E-state index contributed by atoms with van der Waals surface area (Å²) in [6, 6.07) is 11.7. The van der Waals surface area contributed by atoms with Gasteiger partial charge in [0.15, 0.2) is 11.5 Å². The van der Waals surface area contributed by atoms with Crippen molar-refractivity contribution >= 4 is 5.78 Å². The maximum absolute atomic E-state index is 11.2. The fraction of sp³-hybridized carbons (Fsp3) is 0.267. The predicted octanol–water partition coefficient (Wildman–Crippen LogP) is 3.51. The smallest absolute Gasteiger partial charge is 0.194 e. The molecule has 2 aromatic rings. The minimum Gasteiger partial charge on any atom is -0.458 e. The molecule has 0 amide bonds. The zero-order chi connectivity index (χ0) is 13.0. The molecular formula is C15H16O3. The summed E-state index contributed by atoms with van der Waals surface area (Å²) in [6.07, 6.45) is 0. The van der Waals surface area contributed by atoms with Crippen molar-refractivity contribution in [2.24, 2.45) is 0 Å². The van der Waals surface area contributed by atoms with Gasteiger partial charge >= 0.3 is 0 Å². The molecule has 3 heteroatoms. The van der Waals surface area contributed by atoms with Crippen LogP contribution in [0.15, 0.2) is 40.8 Å². The highest BCUT2D eigenvalue weighted by atomic mass is 16.5. The van der Waals surface area contributed by atoms with E-state index in [1.807, 2.05) is 37.3 Å². The average molecular weight is 244 g/mol. The molecule has 0 aliphatic heterocycles. The van der Waals surface area contributed by atoms with Gasteiger partial charge in [-0.2, -0.15) is 0 Å². The van der Waals surface area contributed by atoms with E-state index in [0.29, 0.717) is 19.0 Å². The second-order valence-corrected chi connectivity index (χ2v) is 4.23. The molecule has 1 aromatic carbocycles. The second kappa shape index (κ2) is 5.65. The van der Waals surface area contributed by atoms with E-state index in [9.17, 15) is 4.79 Å². The van der Waals surface area contributed by atoms with Gasteiger partial charge in [-0.05, 0) is 18.6 Å². The highest BCUT2D eigenvalue weighted by Crippen LogP contribution is 2.16. The van der Waals surface area contributed by atoms with E-state index < -0.39 is 0 Å². The number of ether oxygens (including phenoxy) is 1. The van der Waals surface area contributed by atoms with Crippen molar-refractivity contribution in [3.63, 3.8) is 0 Å². The van der Waals surface area contributed by atoms with E-state index in [4.69, 9.17) is 9.15 Å². The first-order valence-corrected chi connectivity index (χ1v) is 5.88. The third kappa shape index (κ3) is 3.08. The zero-order valence-corrected chi connectivity index (χ0v) is 10.6. The van der Waals surface area contributed by atoms with Crippen LogP contribution >= 0.6 is 0 Å². The fourth-order valence-electron chi connectivity index (χ4n) is 1.69. The Morgan fingerprint density at radius 2 is 1.94 bits per heavy atom. The van der Waals surface area contributed by atoms with Gasteiger partial charge in [0, 0.05) is 12.5 Å². The van der Waals surface area contributed by atoms with Crippen LogP contribution in [0.1, 0.15) is 34.4 Å². The van der Waals surface area contributed by atoms with E-state index in [1.165, 1.54) is 6.92 Å². The van der Waals surface area contributed by atoms with Gasteiger partial charge in [-0.15, -0.1) is 0 Å². The van der Waals surface area contributed by atoms with E-state index in [-0.39, 0.29) is 5.78 Å². The topological polar surface area (TPSA) is 39.4 Å². The lowest BCUT2D eigenvalue weighted by molar-refractivity contribution is 0.0985. The number of ketones is 1. The number of hydrogen-bond donors (Lipinski definition) is 0. The molecule has 0 saturated heterocycles. The van der Waals surface area contributed by atoms with Crippen LogP contribution in [0, 0.1) is 6.92 Å². The Morgan fingerprint density at radius 3 is 2.56 bits per heavy atom. The Morgan fingerprint density at radius 1 is 1.22 bits per heavy atom. The Balaban J connectivity index is 1.92. The van der Waals surface area contributed by atoms with Crippen molar-refractivity contribution in [2.45, 2.75) is 27.1 Å². The van der Waals surface area contributed by atoms with Gasteiger partial charge in [-0.1, -0.05) is 30.3 Å². The summed E-state index contributed by atoms with van der Waals surface area (Å²) in [5.74, 6) is 1.08. The predicted molar refractivity (Wildman–Crippen MR) is 68.4 cm³/mol. The molecule has 0 aliphatic rings. The van der Waals surface area contributed by atoms with Crippen molar-refractivity contribution in [3.8, 4) is 0 Å². The van der Waals surface area contributed by atoms with Gasteiger partial charge in [-0.3, -0.25) is 4.79 Å². The van der Waals surface area contributed by atoms with Crippen LogP contribution in [0.3, 0.4) is 0 Å². The number of aryl methyl sites for hydroxylation is 1. The number of furan rings is 1. The summed E-state index contributed by atoms with van der Waals surface area (Å²) in [5.41, 5.74) is 2.06. The van der Waals surface area contributed by atoms with Crippen molar-refractivity contribution in [1.82, 2.24) is 0 Å². The second-order valence-electron chi connectivity index (χ2n) is 4.23. The molecule has 2 rings (SSSR count). The third-order valence-electron chi connectivity index (χ3n) is 2.74. The van der Waals surface area contributed by atoms with Crippen molar-refractivity contribution in [2.75, 3.05) is 0 Å². The van der Waals surface area contributed by atoms with Gasteiger partial charge in [0.2, 0.25) is 0 Å². The first kappa shape index (κ1) is 12.6. The molecule has 1 heterocycles. The van der Waals surface area contributed by atoms with Crippen LogP contribution in [-0.2, 0) is 18.0 Å². The highest BCUT2D eigenvalue weighted by molar-refractivity contribution is 5.91. The standard InChI is InChI=1S/C15H16O3/c1-11(16)15-8-14(12(2)18-15)10-17-9-13-6-4-3-5-7-13/h3-8H,9-10H2,1-2H3. The van der Waals surface area contributed by atoms with Gasteiger partial charge in [0.05, 0.1) is 13.2 Å². The molecule has 0 bridgehead atoms. The average Bonchev–Trinajstić information content (AvgIpc) is 2.73. The number of carbonyl (C=O) groups excluding carboxylic acids is 1. The Labute approximate surface area is 106 Å². The van der Waals surface area contributed by atoms with Crippen LogP contribution in [-0.4, -0.2) is 5.78 Å². The molecule has 0 saturated carbocycles. The lowest BCUT2D eigenvalue weighted by Crippen LogP contribution is -1.94. The van der Waals surface area contributed by atoms with Crippen molar-refractivity contribution in [1.29, 1.82) is 0 Å². The third-order valence-corrected chi connectivity index (χ3v) is 2.74. The quantitative estimate of drug-likeness (QED) is 0.755. The molecular weight excluding hydrogens is 228 g/mol. The first-order valence-electron chi connectivity index (χ1n) is 5.88. The van der Waals surface area contributed by atoms with E-state index in [2.05, 4.69) is 0 Å². The highest BCUT2D eigenvalue weighted by Gasteiger charge is 2.10. The van der Waals surface area contributed by atoms with Crippen LogP contribution in [0.5, 0.6) is 0 Å². The van der Waals surface area contributed by atoms with E-state index in [0.717, 1.165) is 16.9 Å². The Kier molecular flexibility index (Phi) is 3.95. The van der Waals surface area contributed by atoms with Crippen LogP contribution in [0.25, 0.3) is 0 Å². The van der Waals surface area contributed by atoms with Crippen LogP contribution in [0.2, 0.25) is 0 Å². The molecule has 0 aliphatic carbocycles. The van der Waals surface area contributed by atoms with Crippen LogP contribution in [0.4, 0.5) is 0 Å². The molecule has 0 N–H and O–H groups in total. The lowest BCUT2D eigenvalue weighted by atomic mass is 10.2. The monoisotopic (exact) mass is 244 g/mol. The number of Topliss-reactive ketones (excluding diaryl/α,β-unsaturated/α-hetero) is 1. The molecule has 0 spiro atoms. The fourth-order valence-corrected chi connectivity index (χ4v) is 1.69. The molecule has 0 radical (unpaired) electrons. The normalized spacial score (nSPS) is 10.6. The molecule has 1 aromatic heterocycles. The molecule has 0 fully saturated rings. The van der Waals surface area contributed by atoms with Crippen molar-refractivity contribution < 1.29 is 13.9 Å². The summed E-state index contributed by atoms with van der Waals surface area (Å²) in [6.45, 7) is 4.35. The molecule has 3 nitrogen and oxygen atoms in total. The Hall–Kier alpha value is -1.87. The van der Waals surface area contributed by atoms with Gasteiger partial charge < -0.3 is 9.15 Å². The van der Waals surface area contributed by atoms with E-state index in [1.54, 1.807) is 6.07 Å². The molecule has 0 atom stereocenters. The minimum absolute atomic E-state index is 0.0626. The summed E-state index contributed by atoms with van der Waals surface area (Å²) in [5, 5.41) is 0. The van der Waals surface area contributed by atoms with Crippen LogP contribution < -0.4 is 0 Å². The maximum atomic E-state index is 11.2. The zero-order valence-electron chi connectivity index (χ0n) is 10.6. The summed E-state index contributed by atoms with van der Waals surface area (Å²) in [7, 11) is 0. The number of rotatable bonds is 5. The minimum atomic E-state index is -0.0626. The molecule has 94 valence electrons. The number of carbonyl (C=O) groups is 1. The molecule has 0 unspecified atom stereocenters. The van der Waals surface area contributed by atoms with Gasteiger partial charge in [-0.25, -0.2) is 0 Å². The number of benzene rings is 1. The molecule has 18 heavy (non-hydrogen) atoms. The first-order chi connectivity index (χ1) is 8.66. The number of hydrogen-bond acceptors (Lipinski definition) is 3. The SMILES string of the molecule is CC(=O)c1cc(COCc2ccccc2)c(C)o1. The van der Waals surface area contributed by atoms with Gasteiger partial charge in [0.25, 0.3) is 0 Å². The maximum Gasteiger partial charge on any atom is 0.194 e. The summed E-state index contributed by atoms with van der Waals surface area (Å²) >= 11 is 0. The Bertz CT molecular complexity index is 526. The lowest BCUT2D eigenvalue weighted by Gasteiger charge is -2.03. The largest absolute Gasteiger partial charge is 0.458 e. The van der Waals surface area contributed by atoms with Gasteiger partial charge in [0.1, 0.15) is 5.76 Å². The summed E-state index contributed by atoms with van der Waals surface area (Å²) < 4.78 is 11.0. The summed E-state index contributed by atoms with van der Waals surface area (Å²) in [4.78, 5) is 11.2. The van der Waals surface area contributed by atoms with Crippen molar-refractivity contribution in [3.05, 3.63) is 59.0 Å². The van der Waals surface area contributed by atoms with E-state index >= 15 is 0 Å².